The van der Waals surface area contributed by atoms with Crippen LogP contribution in [0.15, 0.2) is 36.1 Å². The van der Waals surface area contributed by atoms with Gasteiger partial charge in [0.05, 0.1) is 55.8 Å². The van der Waals surface area contributed by atoms with Gasteiger partial charge in [0.1, 0.15) is 6.61 Å². The number of allylic oxidation sites excluding steroid dienone is 1. The number of nitrogens with zero attached hydrogens (tertiary/aromatic N) is 1. The number of methoxy groups -OCH3 is 7. The van der Waals surface area contributed by atoms with Crippen molar-refractivity contribution in [2.45, 2.75) is 38.0 Å². The first-order chi connectivity index (χ1) is 20.8. The average molecular weight is 602 g/mol. The molecule has 2 aliphatic rings. The van der Waals surface area contributed by atoms with Crippen LogP contribution >= 0.6 is 0 Å². The Morgan fingerprint density at radius 3 is 1.84 bits per heavy atom. The van der Waals surface area contributed by atoms with Crippen molar-refractivity contribution in [3.8, 4) is 34.5 Å². The maximum absolute atomic E-state index is 13.2. The quantitative estimate of drug-likeness (QED) is 0.323. The smallest absolute Gasteiger partial charge is 0.413 e. The maximum Gasteiger partial charge on any atom is 0.413 e. The van der Waals surface area contributed by atoms with Crippen LogP contribution in [0.25, 0.3) is 0 Å². The number of ether oxygens (including phenoxy) is 9. The lowest BCUT2D eigenvalue weighted by Crippen LogP contribution is -2.51. The van der Waals surface area contributed by atoms with Crippen LogP contribution in [-0.4, -0.2) is 85.6 Å². The highest BCUT2D eigenvalue weighted by Crippen LogP contribution is 2.47. The molecule has 2 aliphatic heterocycles. The minimum absolute atomic E-state index is 0.0260. The number of rotatable bonds is 12. The fourth-order valence-electron chi connectivity index (χ4n) is 5.69. The Kier molecular flexibility index (Phi) is 9.99. The number of hydrogen-bond acceptors (Lipinski definition) is 11. The third-order valence-corrected chi connectivity index (χ3v) is 7.81. The zero-order valence-corrected chi connectivity index (χ0v) is 25.8. The second-order valence-electron chi connectivity index (χ2n) is 9.96. The number of cyclic esters (lactones) is 1. The van der Waals surface area contributed by atoms with Gasteiger partial charge in [-0.25, -0.2) is 9.59 Å². The van der Waals surface area contributed by atoms with E-state index in [-0.39, 0.29) is 18.4 Å². The number of esters is 1. The standard InChI is InChI=1S/C31H39NO11/c1-9-19-16-42-31(34)32(19)29-21(10-17-11-22(35-2)27(39-6)23(12-17)36-3)20(15-26(43-29)30(33)41-8)18-13-24(37-4)28(40-7)25(14-18)38-5/h11-15,19-21,29H,9-10,16H2,1-8H3/t19-,20-,21-,29-/m1/s1. The molecule has 0 saturated carbocycles. The molecule has 1 amide bonds. The predicted molar refractivity (Wildman–Crippen MR) is 154 cm³/mol. The number of carbonyl (C=O) groups is 2. The van der Waals surface area contributed by atoms with Crippen LogP contribution in [-0.2, 0) is 25.4 Å². The molecule has 0 radical (unpaired) electrons. The number of hydrogen-bond donors (Lipinski definition) is 0. The van der Waals surface area contributed by atoms with Gasteiger partial charge in [-0.3, -0.25) is 4.90 Å². The minimum Gasteiger partial charge on any atom is -0.493 e. The van der Waals surface area contributed by atoms with Crippen molar-refractivity contribution in [1.82, 2.24) is 4.90 Å². The Labute approximate surface area is 251 Å². The monoisotopic (exact) mass is 601 g/mol. The highest BCUT2D eigenvalue weighted by atomic mass is 16.6. The number of carbonyl (C=O) groups excluding carboxylic acids is 2. The topological polar surface area (TPSA) is 120 Å². The molecule has 4 atom stereocenters. The van der Waals surface area contributed by atoms with E-state index in [1.165, 1.54) is 35.5 Å². The summed E-state index contributed by atoms with van der Waals surface area (Å²) in [5, 5.41) is 0. The van der Waals surface area contributed by atoms with Gasteiger partial charge in [-0.1, -0.05) is 6.92 Å². The maximum atomic E-state index is 13.2. The lowest BCUT2D eigenvalue weighted by atomic mass is 9.78. The Balaban J connectivity index is 1.95. The summed E-state index contributed by atoms with van der Waals surface area (Å²) in [6, 6.07) is 7.08. The highest BCUT2D eigenvalue weighted by molar-refractivity contribution is 5.86. The third-order valence-electron chi connectivity index (χ3n) is 7.81. The summed E-state index contributed by atoms with van der Waals surface area (Å²) in [5.41, 5.74) is 1.56. The molecule has 4 rings (SSSR count). The van der Waals surface area contributed by atoms with Gasteiger partial charge in [-0.15, -0.1) is 0 Å². The molecule has 2 heterocycles. The first-order valence-electron chi connectivity index (χ1n) is 13.8. The lowest BCUT2D eigenvalue weighted by Gasteiger charge is -2.42. The summed E-state index contributed by atoms with van der Waals surface area (Å²) in [6.07, 6.45) is 1.26. The molecule has 0 aromatic heterocycles. The molecule has 0 N–H and O–H groups in total. The predicted octanol–water partition coefficient (Wildman–Crippen LogP) is 4.32. The Bertz CT molecular complexity index is 1310. The number of benzene rings is 2. The van der Waals surface area contributed by atoms with E-state index in [0.717, 1.165) is 11.1 Å². The van der Waals surface area contributed by atoms with Crippen LogP contribution in [0.5, 0.6) is 34.5 Å². The van der Waals surface area contributed by atoms with Gasteiger partial charge in [0.15, 0.2) is 29.2 Å². The van der Waals surface area contributed by atoms with E-state index in [4.69, 9.17) is 42.6 Å². The van der Waals surface area contributed by atoms with Crippen molar-refractivity contribution < 1.29 is 52.2 Å². The van der Waals surface area contributed by atoms with E-state index in [1.807, 2.05) is 31.2 Å². The molecule has 2 aromatic rings. The van der Waals surface area contributed by atoms with Gasteiger partial charge in [0.25, 0.3) is 0 Å². The zero-order valence-electron chi connectivity index (χ0n) is 25.8. The molecule has 0 aliphatic carbocycles. The van der Waals surface area contributed by atoms with Gasteiger partial charge < -0.3 is 42.6 Å². The summed E-state index contributed by atoms with van der Waals surface area (Å²) in [7, 11) is 10.5. The van der Waals surface area contributed by atoms with Gasteiger partial charge in [0.2, 0.25) is 17.3 Å². The van der Waals surface area contributed by atoms with E-state index in [0.29, 0.717) is 47.3 Å². The summed E-state index contributed by atoms with van der Waals surface area (Å²) < 4.78 is 50.4. The van der Waals surface area contributed by atoms with Gasteiger partial charge in [0, 0.05) is 11.8 Å². The Hall–Kier alpha value is -4.48. The van der Waals surface area contributed by atoms with Crippen molar-refractivity contribution in [3.05, 3.63) is 47.2 Å². The molecule has 0 unspecified atom stereocenters. The molecule has 234 valence electrons. The van der Waals surface area contributed by atoms with Crippen LogP contribution in [0.3, 0.4) is 0 Å². The number of amides is 1. The van der Waals surface area contributed by atoms with Crippen LogP contribution in [0.4, 0.5) is 4.79 Å². The molecular formula is C31H39NO11. The van der Waals surface area contributed by atoms with Crippen LogP contribution in [0.2, 0.25) is 0 Å². The van der Waals surface area contributed by atoms with Crippen molar-refractivity contribution in [3.63, 3.8) is 0 Å². The molecule has 2 aromatic carbocycles. The average Bonchev–Trinajstić information content (AvgIpc) is 3.42. The Morgan fingerprint density at radius 2 is 1.37 bits per heavy atom. The fraction of sp³-hybridized carbons (Fsp3) is 0.484. The van der Waals surface area contributed by atoms with Crippen molar-refractivity contribution >= 4 is 12.1 Å². The van der Waals surface area contributed by atoms with Crippen LogP contribution < -0.4 is 28.4 Å². The second kappa shape index (κ2) is 13.7. The van der Waals surface area contributed by atoms with E-state index in [1.54, 1.807) is 25.2 Å². The largest absolute Gasteiger partial charge is 0.493 e. The van der Waals surface area contributed by atoms with Crippen molar-refractivity contribution in [2.75, 3.05) is 56.4 Å². The van der Waals surface area contributed by atoms with Crippen molar-refractivity contribution in [2.24, 2.45) is 5.92 Å². The lowest BCUT2D eigenvalue weighted by molar-refractivity contribution is -0.147. The molecular weight excluding hydrogens is 562 g/mol. The molecule has 1 saturated heterocycles. The molecule has 12 nitrogen and oxygen atoms in total. The molecule has 12 heteroatoms. The van der Waals surface area contributed by atoms with E-state index < -0.39 is 30.1 Å². The van der Waals surface area contributed by atoms with Gasteiger partial charge in [-0.05, 0) is 54.3 Å². The molecule has 1 fully saturated rings. The summed E-state index contributed by atoms with van der Waals surface area (Å²) >= 11 is 0. The third kappa shape index (κ3) is 6.04. The minimum atomic E-state index is -0.901. The second-order valence-corrected chi connectivity index (χ2v) is 9.96. The van der Waals surface area contributed by atoms with E-state index >= 15 is 0 Å². The summed E-state index contributed by atoms with van der Waals surface area (Å²) in [5.74, 6) is 1.07. The van der Waals surface area contributed by atoms with E-state index in [9.17, 15) is 9.59 Å². The van der Waals surface area contributed by atoms with Crippen LogP contribution in [0.1, 0.15) is 30.4 Å². The van der Waals surface area contributed by atoms with Gasteiger partial charge in [-0.2, -0.15) is 0 Å². The SMILES string of the molecule is CC[C@@H]1COC(=O)N1[C@@H]1OC(C(=O)OC)=C[C@H](c2cc(OC)c(OC)c(OC)c2)[C@H]1Cc1cc(OC)c(OC)c(OC)c1. The molecule has 0 bridgehead atoms. The Morgan fingerprint density at radius 1 is 0.837 bits per heavy atom. The zero-order chi connectivity index (χ0) is 31.3. The fourth-order valence-corrected chi connectivity index (χ4v) is 5.69. The highest BCUT2D eigenvalue weighted by Gasteiger charge is 2.48. The van der Waals surface area contributed by atoms with Crippen molar-refractivity contribution in [1.29, 1.82) is 0 Å². The molecule has 0 spiro atoms. The normalized spacial score (nSPS) is 21.3. The van der Waals surface area contributed by atoms with Gasteiger partial charge >= 0.3 is 12.1 Å². The first kappa shape index (κ1) is 31.5. The summed E-state index contributed by atoms with van der Waals surface area (Å²) in [4.78, 5) is 27.7. The molecule has 43 heavy (non-hydrogen) atoms. The van der Waals surface area contributed by atoms with E-state index in [2.05, 4.69) is 0 Å². The first-order valence-corrected chi connectivity index (χ1v) is 13.8. The van der Waals surface area contributed by atoms with Crippen LogP contribution in [0, 0.1) is 5.92 Å². The summed E-state index contributed by atoms with van der Waals surface area (Å²) in [6.45, 7) is 2.17.